The van der Waals surface area contributed by atoms with Gasteiger partial charge in [-0.25, -0.2) is 4.98 Å². The smallest absolute Gasteiger partial charge is 0.224 e. The van der Waals surface area contributed by atoms with Crippen LogP contribution >= 0.6 is 22.9 Å². The third kappa shape index (κ3) is 3.58. The normalized spacial score (nSPS) is 20.5. The second-order valence-electron chi connectivity index (χ2n) is 7.60. The van der Waals surface area contributed by atoms with Gasteiger partial charge in [0.25, 0.3) is 0 Å². The summed E-state index contributed by atoms with van der Waals surface area (Å²) in [6, 6.07) is 3.67. The number of thiophene rings is 1. The van der Waals surface area contributed by atoms with E-state index in [1.807, 2.05) is 19.1 Å². The molecule has 4 rings (SSSR count). The summed E-state index contributed by atoms with van der Waals surface area (Å²) >= 11 is 7.62. The molecule has 0 saturated heterocycles. The molecule has 0 spiro atoms. The predicted molar refractivity (Wildman–Crippen MR) is 127 cm³/mol. The molecule has 0 aromatic carbocycles. The van der Waals surface area contributed by atoms with Crippen LogP contribution in [0, 0.1) is 6.92 Å². The Morgan fingerprint density at radius 3 is 2.63 bits per heavy atom. The van der Waals surface area contributed by atoms with Crippen molar-refractivity contribution in [2.45, 2.75) is 36.2 Å². The first-order valence-corrected chi connectivity index (χ1v) is 10.4. The number of aryl methyl sites for hydroxylation is 1. The molecule has 0 aliphatic heterocycles. The van der Waals surface area contributed by atoms with E-state index in [-0.39, 0.29) is 22.6 Å². The summed E-state index contributed by atoms with van der Waals surface area (Å²) in [5.74, 6) is 0.854. The molecule has 12 radical (unpaired) electrons. The van der Waals surface area contributed by atoms with Crippen LogP contribution in [-0.4, -0.2) is 57.0 Å². The predicted octanol–water partition coefficient (Wildman–Crippen LogP) is 2.80. The number of rotatable bonds is 4. The van der Waals surface area contributed by atoms with Gasteiger partial charge in [0.2, 0.25) is 5.28 Å². The molecule has 3 aromatic rings. The molecule has 1 aliphatic rings. The maximum absolute atomic E-state index is 6.41. The third-order valence-corrected chi connectivity index (χ3v) is 7.05. The van der Waals surface area contributed by atoms with Crippen LogP contribution in [0.1, 0.15) is 28.5 Å². The minimum atomic E-state index is -1.42. The zero-order valence-corrected chi connectivity index (χ0v) is 17.8. The van der Waals surface area contributed by atoms with Crippen LogP contribution in [0.25, 0.3) is 10.2 Å². The first-order chi connectivity index (χ1) is 14.0. The molecule has 3 heterocycles. The van der Waals surface area contributed by atoms with E-state index >= 15 is 0 Å². The Bertz CT molecular complexity index is 1140. The Balaban J connectivity index is 1.81. The Hall–Kier alpha value is -1.46. The topological polar surface area (TPSA) is 51.0 Å². The van der Waals surface area contributed by atoms with E-state index in [0.29, 0.717) is 17.9 Å². The fraction of sp³-hybridized carbons (Fsp3) is 0.333. The number of nitrogens with one attached hydrogen (secondary N) is 1. The minimum absolute atomic E-state index is 0.0842. The number of hydrogen-bond donors (Lipinski definition) is 1. The lowest BCUT2D eigenvalue weighted by Gasteiger charge is -2.50. The summed E-state index contributed by atoms with van der Waals surface area (Å²) in [7, 11) is 37.4. The van der Waals surface area contributed by atoms with Crippen LogP contribution in [0.3, 0.4) is 0 Å². The summed E-state index contributed by atoms with van der Waals surface area (Å²) < 4.78 is 6.17. The lowest BCUT2D eigenvalue weighted by molar-refractivity contribution is 0.518. The molecule has 0 fully saturated rings. The van der Waals surface area contributed by atoms with Crippen LogP contribution < -0.4 is 5.32 Å². The molecule has 1 unspecified atom stereocenters. The van der Waals surface area contributed by atoms with Gasteiger partial charge in [-0.05, 0) is 42.1 Å². The van der Waals surface area contributed by atoms with Crippen molar-refractivity contribution >= 4 is 86.0 Å². The summed E-state index contributed by atoms with van der Waals surface area (Å²) in [6.07, 6.45) is 1.82. The Morgan fingerprint density at radius 2 is 1.97 bits per heavy atom. The van der Waals surface area contributed by atoms with Gasteiger partial charge in [0, 0.05) is 4.88 Å². The molecule has 136 valence electrons. The van der Waals surface area contributed by atoms with Gasteiger partial charge in [0.05, 0.1) is 54.4 Å². The lowest BCUT2D eigenvalue weighted by atomic mass is 9.29. The van der Waals surface area contributed by atoms with Gasteiger partial charge in [0.1, 0.15) is 27.3 Å². The largest absolute Gasteiger partial charge is 0.467 e. The van der Waals surface area contributed by atoms with Gasteiger partial charge in [-0.1, -0.05) is 16.8 Å². The second-order valence-corrected chi connectivity index (χ2v) is 8.99. The zero-order chi connectivity index (χ0) is 21.8. The maximum Gasteiger partial charge on any atom is 0.224 e. The number of anilines is 1. The van der Waals surface area contributed by atoms with Gasteiger partial charge >= 0.3 is 0 Å². The van der Waals surface area contributed by atoms with Crippen molar-refractivity contribution < 1.29 is 4.42 Å². The van der Waals surface area contributed by atoms with Crippen molar-refractivity contribution in [2.24, 2.45) is 0 Å². The monoisotopic (exact) mass is 419 g/mol. The molecule has 4 nitrogen and oxygen atoms in total. The molecule has 0 saturated carbocycles. The Labute approximate surface area is 192 Å². The summed E-state index contributed by atoms with van der Waals surface area (Å²) in [5, 5.41) is 0.606. The summed E-state index contributed by atoms with van der Waals surface area (Å²) in [4.78, 5) is 9.59. The summed E-state index contributed by atoms with van der Waals surface area (Å²) in [5.41, 5.74) is 1.73. The maximum atomic E-state index is 6.41. The highest BCUT2D eigenvalue weighted by atomic mass is 35.5. The highest BCUT2D eigenvalue weighted by Gasteiger charge is 2.42. The first-order valence-electron chi connectivity index (χ1n) is 9.17. The molecular formula is C18H12B6ClN3OS. The van der Waals surface area contributed by atoms with Crippen molar-refractivity contribution in [3.63, 3.8) is 0 Å². The molecule has 0 bridgehead atoms. The first kappa shape index (κ1) is 21.8. The Kier molecular flexibility index (Phi) is 5.51. The fourth-order valence-electron chi connectivity index (χ4n) is 3.71. The second kappa shape index (κ2) is 7.59. The van der Waals surface area contributed by atoms with Crippen LogP contribution in [-0.2, 0) is 6.54 Å². The number of halogens is 1. The number of aromatic nitrogens is 2. The van der Waals surface area contributed by atoms with E-state index in [2.05, 4.69) is 15.3 Å². The standard InChI is InChI=1S/C18H12B6ClN3OS/c1-7-10-12(15(28-16(25)27-10)26-6-8-3-2-4-29-8)30-11(7)9-5-17(21,22)13(19)14(20)18(9,23)24/h2-4,9H,5-6H2,1H3,(H,26,27,28). The third-order valence-electron chi connectivity index (χ3n) is 5.48. The van der Waals surface area contributed by atoms with Crippen LogP contribution in [0.15, 0.2) is 33.8 Å². The van der Waals surface area contributed by atoms with Crippen molar-refractivity contribution in [3.05, 3.63) is 50.8 Å². The fourth-order valence-corrected chi connectivity index (χ4v) is 5.28. The minimum Gasteiger partial charge on any atom is -0.467 e. The van der Waals surface area contributed by atoms with E-state index in [1.165, 1.54) is 11.3 Å². The van der Waals surface area contributed by atoms with E-state index < -0.39 is 16.3 Å². The molecule has 1 atom stereocenters. The van der Waals surface area contributed by atoms with E-state index in [9.17, 15) is 0 Å². The van der Waals surface area contributed by atoms with Crippen LogP contribution in [0.2, 0.25) is 15.7 Å². The average Bonchev–Trinajstić information content (AvgIpc) is 3.30. The molecular weight excluding hydrogens is 407 g/mol. The zero-order valence-electron chi connectivity index (χ0n) is 16.3. The number of fused-ring (bicyclic) bond motifs is 1. The highest BCUT2D eigenvalue weighted by Crippen LogP contribution is 2.58. The highest BCUT2D eigenvalue weighted by molar-refractivity contribution is 7.20. The van der Waals surface area contributed by atoms with Crippen molar-refractivity contribution in [1.82, 2.24) is 9.97 Å². The molecule has 1 aliphatic carbocycles. The average molecular weight is 419 g/mol. The van der Waals surface area contributed by atoms with E-state index in [1.54, 1.807) is 6.26 Å². The number of nitrogens with zero attached hydrogens (tertiary/aromatic N) is 2. The van der Waals surface area contributed by atoms with Crippen molar-refractivity contribution in [2.75, 3.05) is 5.32 Å². The molecule has 30 heavy (non-hydrogen) atoms. The van der Waals surface area contributed by atoms with Gasteiger partial charge in [-0.3, -0.25) is 0 Å². The quantitative estimate of drug-likeness (QED) is 0.523. The van der Waals surface area contributed by atoms with Gasteiger partial charge in [-0.2, -0.15) is 4.98 Å². The number of hydrogen-bond acceptors (Lipinski definition) is 5. The van der Waals surface area contributed by atoms with E-state index in [0.717, 1.165) is 20.9 Å². The summed E-state index contributed by atoms with van der Waals surface area (Å²) in [6.45, 7) is 2.35. The van der Waals surface area contributed by atoms with Gasteiger partial charge < -0.3 is 9.73 Å². The van der Waals surface area contributed by atoms with Crippen LogP contribution in [0.5, 0.6) is 0 Å². The molecule has 12 heteroatoms. The van der Waals surface area contributed by atoms with Gasteiger partial charge in [-0.15, -0.1) is 22.3 Å². The van der Waals surface area contributed by atoms with Gasteiger partial charge in [0.15, 0.2) is 0 Å². The van der Waals surface area contributed by atoms with Crippen LogP contribution in [0.4, 0.5) is 5.82 Å². The SMILES string of the molecule is [B]C1=C([B])C([B])([B])C(c2sc3c(NCc4ccco4)nc(Cl)nc3c2C)CC1([B])[B]. The molecule has 0 amide bonds. The lowest BCUT2D eigenvalue weighted by Crippen LogP contribution is -2.37. The number of allylic oxidation sites excluding steroid dienone is 2. The van der Waals surface area contributed by atoms with Crippen molar-refractivity contribution in [1.29, 1.82) is 0 Å². The molecule has 1 N–H and O–H groups in total. The van der Waals surface area contributed by atoms with E-state index in [4.69, 9.17) is 63.1 Å². The Morgan fingerprint density at radius 1 is 1.23 bits per heavy atom. The van der Waals surface area contributed by atoms with Crippen molar-refractivity contribution in [3.8, 4) is 0 Å². The molecule has 3 aromatic heterocycles. The number of furan rings is 1.